The summed E-state index contributed by atoms with van der Waals surface area (Å²) in [4.78, 5) is 0. The van der Waals surface area contributed by atoms with Crippen molar-refractivity contribution < 1.29 is 5.11 Å². The van der Waals surface area contributed by atoms with Crippen LogP contribution in [0.5, 0.6) is 0 Å². The molecule has 2 heteroatoms. The first kappa shape index (κ1) is 9.23. The van der Waals surface area contributed by atoms with Crippen LogP contribution in [0.25, 0.3) is 0 Å². The summed E-state index contributed by atoms with van der Waals surface area (Å²) >= 11 is 0. The van der Waals surface area contributed by atoms with Crippen LogP contribution in [-0.4, -0.2) is 18.3 Å². The van der Waals surface area contributed by atoms with Gasteiger partial charge in [0.15, 0.2) is 0 Å². The van der Waals surface area contributed by atoms with E-state index in [4.69, 9.17) is 5.11 Å². The van der Waals surface area contributed by atoms with Gasteiger partial charge in [-0.25, -0.2) is 0 Å². The molecule has 0 amide bonds. The van der Waals surface area contributed by atoms with Gasteiger partial charge in [-0.3, -0.25) is 0 Å². The first-order valence-electron chi connectivity index (χ1n) is 4.15. The number of hydrogen-bond donors (Lipinski definition) is 2. The van der Waals surface area contributed by atoms with E-state index in [0.29, 0.717) is 12.6 Å². The zero-order chi connectivity index (χ0) is 8.81. The van der Waals surface area contributed by atoms with Crippen molar-refractivity contribution in [1.82, 2.24) is 5.32 Å². The van der Waals surface area contributed by atoms with Crippen LogP contribution in [0.2, 0.25) is 0 Å². The quantitative estimate of drug-likeness (QED) is 0.699. The summed E-state index contributed by atoms with van der Waals surface area (Å²) in [5.74, 6) is 0. The Morgan fingerprint density at radius 3 is 2.75 bits per heavy atom. The van der Waals surface area contributed by atoms with Gasteiger partial charge < -0.3 is 10.4 Å². The second-order valence-electron chi connectivity index (χ2n) is 2.73. The minimum atomic E-state index is 0.184. The predicted octanol–water partition coefficient (Wildman–Crippen LogP) is 1.13. The van der Waals surface area contributed by atoms with Gasteiger partial charge in [0.1, 0.15) is 0 Å². The van der Waals surface area contributed by atoms with E-state index in [0.717, 1.165) is 0 Å². The Labute approximate surface area is 73.2 Å². The molecule has 0 aliphatic carbocycles. The predicted molar refractivity (Wildman–Crippen MR) is 48.8 cm³/mol. The molecule has 0 aromatic heterocycles. The molecule has 0 saturated carbocycles. The molecule has 1 rings (SSSR count). The van der Waals surface area contributed by atoms with Gasteiger partial charge in [-0.2, -0.15) is 0 Å². The first-order valence-corrected chi connectivity index (χ1v) is 4.15. The first-order chi connectivity index (χ1) is 5.84. The lowest BCUT2D eigenvalue weighted by Gasteiger charge is -2.12. The lowest BCUT2D eigenvalue weighted by Crippen LogP contribution is -2.21. The van der Waals surface area contributed by atoms with Crippen LogP contribution < -0.4 is 5.32 Å². The second kappa shape index (κ2) is 4.91. The lowest BCUT2D eigenvalue weighted by molar-refractivity contribution is 0.286. The van der Waals surface area contributed by atoms with E-state index >= 15 is 0 Å². The fourth-order valence-corrected chi connectivity index (χ4v) is 1.09. The number of aliphatic hydroxyl groups excluding tert-OH is 1. The van der Waals surface area contributed by atoms with E-state index in [2.05, 4.69) is 18.3 Å². The van der Waals surface area contributed by atoms with E-state index in [1.165, 1.54) is 5.56 Å². The Kier molecular flexibility index (Phi) is 3.77. The topological polar surface area (TPSA) is 32.3 Å². The molecule has 0 spiro atoms. The van der Waals surface area contributed by atoms with Gasteiger partial charge in [0.05, 0.1) is 6.61 Å². The summed E-state index contributed by atoms with van der Waals surface area (Å²) in [6, 6.07) is 11.1. The summed E-state index contributed by atoms with van der Waals surface area (Å²) in [5.41, 5.74) is 1.22. The van der Waals surface area contributed by atoms with Crippen molar-refractivity contribution in [2.75, 3.05) is 13.2 Å². The monoisotopic (exact) mass is 164 g/mol. The largest absolute Gasteiger partial charge is 0.395 e. The molecule has 2 N–H and O–H groups in total. The highest BCUT2D eigenvalue weighted by Crippen LogP contribution is 2.09. The number of nitrogens with one attached hydrogen (secondary N) is 1. The fraction of sp³-hybridized carbons (Fsp3) is 0.400. The van der Waals surface area contributed by atoms with Gasteiger partial charge in [-0.05, 0) is 18.6 Å². The third-order valence-corrected chi connectivity index (χ3v) is 1.81. The number of rotatable bonds is 4. The smallest absolute Gasteiger partial charge is 0.0556 e. The van der Waals surface area contributed by atoms with Crippen molar-refractivity contribution in [2.24, 2.45) is 0 Å². The van der Waals surface area contributed by atoms with Gasteiger partial charge in [-0.1, -0.05) is 24.3 Å². The summed E-state index contributed by atoms with van der Waals surface area (Å²) in [7, 11) is 0. The number of benzene rings is 1. The van der Waals surface area contributed by atoms with Crippen molar-refractivity contribution in [2.45, 2.75) is 13.0 Å². The molecule has 0 aliphatic rings. The third-order valence-electron chi connectivity index (χ3n) is 1.81. The Balaban J connectivity index is 2.48. The van der Waals surface area contributed by atoms with Crippen LogP contribution >= 0.6 is 0 Å². The molecule has 2 nitrogen and oxygen atoms in total. The van der Waals surface area contributed by atoms with Crippen LogP contribution in [0.15, 0.2) is 24.3 Å². The SMILES string of the molecule is CC(NCCO)c1cc[c]cc1. The molecular formula is C10H14NO. The van der Waals surface area contributed by atoms with E-state index in [1.54, 1.807) is 0 Å². The minimum absolute atomic E-state index is 0.184. The molecule has 65 valence electrons. The number of aliphatic hydroxyl groups is 1. The van der Waals surface area contributed by atoms with Crippen molar-refractivity contribution in [3.63, 3.8) is 0 Å². The maximum atomic E-state index is 8.59. The number of hydrogen-bond acceptors (Lipinski definition) is 2. The summed E-state index contributed by atoms with van der Waals surface area (Å²) in [5, 5.41) is 11.8. The normalized spacial score (nSPS) is 12.8. The van der Waals surface area contributed by atoms with Crippen molar-refractivity contribution in [3.8, 4) is 0 Å². The van der Waals surface area contributed by atoms with Gasteiger partial charge in [0.2, 0.25) is 0 Å². The third kappa shape index (κ3) is 2.64. The Bertz CT molecular complexity index is 210. The Morgan fingerprint density at radius 1 is 1.50 bits per heavy atom. The van der Waals surface area contributed by atoms with E-state index in [1.807, 2.05) is 24.3 Å². The van der Waals surface area contributed by atoms with Crippen LogP contribution in [-0.2, 0) is 0 Å². The van der Waals surface area contributed by atoms with Gasteiger partial charge in [-0.15, -0.1) is 0 Å². The molecule has 1 unspecified atom stereocenters. The van der Waals surface area contributed by atoms with Crippen molar-refractivity contribution >= 4 is 0 Å². The molecule has 1 aromatic rings. The van der Waals surface area contributed by atoms with Crippen LogP contribution in [0, 0.1) is 6.07 Å². The van der Waals surface area contributed by atoms with Gasteiger partial charge in [0.25, 0.3) is 0 Å². The highest BCUT2D eigenvalue weighted by atomic mass is 16.3. The fourth-order valence-electron chi connectivity index (χ4n) is 1.09. The average molecular weight is 164 g/mol. The van der Waals surface area contributed by atoms with Crippen LogP contribution in [0.4, 0.5) is 0 Å². The van der Waals surface area contributed by atoms with Crippen LogP contribution in [0.1, 0.15) is 18.5 Å². The van der Waals surface area contributed by atoms with Gasteiger partial charge >= 0.3 is 0 Å². The molecule has 1 radical (unpaired) electrons. The highest BCUT2D eigenvalue weighted by Gasteiger charge is 2.01. The van der Waals surface area contributed by atoms with Gasteiger partial charge in [0, 0.05) is 12.6 Å². The van der Waals surface area contributed by atoms with E-state index in [9.17, 15) is 0 Å². The lowest BCUT2D eigenvalue weighted by atomic mass is 10.1. The second-order valence-corrected chi connectivity index (χ2v) is 2.73. The summed E-state index contributed by atoms with van der Waals surface area (Å²) in [6.45, 7) is 2.90. The average Bonchev–Trinajstić information content (AvgIpc) is 2.15. The summed E-state index contributed by atoms with van der Waals surface area (Å²) in [6.07, 6.45) is 0. The molecule has 0 fully saturated rings. The Hall–Kier alpha value is -0.860. The van der Waals surface area contributed by atoms with Crippen LogP contribution in [0.3, 0.4) is 0 Å². The molecule has 0 aliphatic heterocycles. The summed E-state index contributed by atoms with van der Waals surface area (Å²) < 4.78 is 0. The molecule has 1 aromatic carbocycles. The Morgan fingerprint density at radius 2 is 2.17 bits per heavy atom. The zero-order valence-electron chi connectivity index (χ0n) is 7.25. The van der Waals surface area contributed by atoms with E-state index < -0.39 is 0 Å². The molecule has 0 saturated heterocycles. The molecule has 0 bridgehead atoms. The molecule has 1 atom stereocenters. The maximum absolute atomic E-state index is 8.59. The van der Waals surface area contributed by atoms with Crippen molar-refractivity contribution in [3.05, 3.63) is 35.9 Å². The molecule has 0 heterocycles. The maximum Gasteiger partial charge on any atom is 0.0556 e. The minimum Gasteiger partial charge on any atom is -0.395 e. The standard InChI is InChI=1S/C10H14NO/c1-9(11-7-8-12)10-5-3-2-4-6-10/h3-6,9,11-12H,7-8H2,1H3. The molecular weight excluding hydrogens is 150 g/mol. The zero-order valence-corrected chi connectivity index (χ0v) is 7.25. The van der Waals surface area contributed by atoms with E-state index in [-0.39, 0.29) is 6.61 Å². The molecule has 12 heavy (non-hydrogen) atoms. The van der Waals surface area contributed by atoms with Crippen molar-refractivity contribution in [1.29, 1.82) is 0 Å². The highest BCUT2D eigenvalue weighted by molar-refractivity contribution is 5.17.